The smallest absolute Gasteiger partial charge is 0.328 e. The number of hydrogen-bond donors (Lipinski definition) is 1. The van der Waals surface area contributed by atoms with Crippen LogP contribution in [0.25, 0.3) is 11.4 Å². The van der Waals surface area contributed by atoms with Crippen LogP contribution in [0.4, 0.5) is 0 Å². The summed E-state index contributed by atoms with van der Waals surface area (Å²) in [6.07, 6.45) is 0. The summed E-state index contributed by atoms with van der Waals surface area (Å²) in [5.74, 6) is 0.306. The largest absolute Gasteiger partial charge is 0.493 e. The molecule has 1 aromatic heterocycles. The molecule has 1 heterocycles. The van der Waals surface area contributed by atoms with Gasteiger partial charge in [0, 0.05) is 5.56 Å². The standard InChI is InChI=1S/C14H18N4O4/c1-8(2)12(14(19)20)18-13(15-16-17-18)9-5-6-10(21-3)11(7-9)22-4/h5-8,12H,1-4H3,(H,19,20). The Hall–Kier alpha value is -2.64. The van der Waals surface area contributed by atoms with E-state index in [2.05, 4.69) is 15.5 Å². The van der Waals surface area contributed by atoms with Gasteiger partial charge in [0.15, 0.2) is 23.4 Å². The second kappa shape index (κ2) is 6.42. The van der Waals surface area contributed by atoms with E-state index in [1.165, 1.54) is 11.8 Å². The van der Waals surface area contributed by atoms with E-state index in [-0.39, 0.29) is 5.92 Å². The van der Waals surface area contributed by atoms with Crippen LogP contribution in [-0.2, 0) is 4.79 Å². The number of aromatic nitrogens is 4. The van der Waals surface area contributed by atoms with Gasteiger partial charge in [-0.25, -0.2) is 9.48 Å². The zero-order valence-electron chi connectivity index (χ0n) is 12.8. The number of hydrogen-bond acceptors (Lipinski definition) is 6. The van der Waals surface area contributed by atoms with Crippen molar-refractivity contribution in [3.63, 3.8) is 0 Å². The summed E-state index contributed by atoms with van der Waals surface area (Å²) in [5.41, 5.74) is 0.648. The Bertz CT molecular complexity index is 669. The molecule has 8 heteroatoms. The average Bonchev–Trinajstić information content (AvgIpc) is 2.94. The van der Waals surface area contributed by atoms with E-state index in [9.17, 15) is 9.90 Å². The van der Waals surface area contributed by atoms with Crippen LogP contribution in [0.15, 0.2) is 18.2 Å². The second-order valence-corrected chi connectivity index (χ2v) is 5.04. The molecule has 0 aliphatic rings. The van der Waals surface area contributed by atoms with Gasteiger partial charge in [-0.15, -0.1) is 5.10 Å². The molecule has 0 amide bonds. The summed E-state index contributed by atoms with van der Waals surface area (Å²) in [6.45, 7) is 3.61. The van der Waals surface area contributed by atoms with Crippen molar-refractivity contribution in [1.82, 2.24) is 20.2 Å². The van der Waals surface area contributed by atoms with Gasteiger partial charge in [-0.3, -0.25) is 0 Å². The normalized spacial score (nSPS) is 12.2. The van der Waals surface area contributed by atoms with Crippen molar-refractivity contribution < 1.29 is 19.4 Å². The Morgan fingerprint density at radius 1 is 1.23 bits per heavy atom. The Morgan fingerprint density at radius 3 is 2.45 bits per heavy atom. The lowest BCUT2D eigenvalue weighted by molar-refractivity contribution is -0.142. The lowest BCUT2D eigenvalue weighted by Gasteiger charge is -2.17. The van der Waals surface area contributed by atoms with Gasteiger partial charge in [-0.05, 0) is 34.5 Å². The van der Waals surface area contributed by atoms with E-state index < -0.39 is 12.0 Å². The van der Waals surface area contributed by atoms with E-state index in [1.54, 1.807) is 39.2 Å². The first kappa shape index (κ1) is 15.7. The van der Waals surface area contributed by atoms with Crippen LogP contribution in [-0.4, -0.2) is 45.5 Å². The molecule has 0 radical (unpaired) electrons. The summed E-state index contributed by atoms with van der Waals surface area (Å²) in [7, 11) is 3.07. The van der Waals surface area contributed by atoms with Crippen LogP contribution in [0.3, 0.4) is 0 Å². The van der Waals surface area contributed by atoms with Gasteiger partial charge in [0.05, 0.1) is 14.2 Å². The molecule has 0 aliphatic carbocycles. The molecule has 118 valence electrons. The van der Waals surface area contributed by atoms with Crippen molar-refractivity contribution in [3.8, 4) is 22.9 Å². The van der Waals surface area contributed by atoms with E-state index in [1.807, 2.05) is 0 Å². The summed E-state index contributed by atoms with van der Waals surface area (Å²) in [5, 5.41) is 20.8. The topological polar surface area (TPSA) is 99.4 Å². The summed E-state index contributed by atoms with van der Waals surface area (Å²) in [6, 6.07) is 4.33. The maximum atomic E-state index is 11.5. The monoisotopic (exact) mass is 306 g/mol. The molecule has 0 bridgehead atoms. The van der Waals surface area contributed by atoms with Crippen LogP contribution >= 0.6 is 0 Å². The molecule has 22 heavy (non-hydrogen) atoms. The molecule has 0 spiro atoms. The van der Waals surface area contributed by atoms with Crippen LogP contribution in [0.2, 0.25) is 0 Å². The lowest BCUT2D eigenvalue weighted by atomic mass is 10.0. The van der Waals surface area contributed by atoms with Gasteiger partial charge < -0.3 is 14.6 Å². The minimum atomic E-state index is -0.982. The van der Waals surface area contributed by atoms with Crippen molar-refractivity contribution in [2.24, 2.45) is 5.92 Å². The molecule has 0 saturated heterocycles. The van der Waals surface area contributed by atoms with Crippen LogP contribution in [0.5, 0.6) is 11.5 Å². The number of rotatable bonds is 6. The molecule has 0 fully saturated rings. The van der Waals surface area contributed by atoms with Gasteiger partial charge in [-0.1, -0.05) is 13.8 Å². The van der Waals surface area contributed by atoms with Crippen molar-refractivity contribution in [2.75, 3.05) is 14.2 Å². The Balaban J connectivity index is 2.51. The number of nitrogens with zero attached hydrogens (tertiary/aromatic N) is 4. The summed E-state index contributed by atoms with van der Waals surface area (Å²) < 4.78 is 11.7. The number of aliphatic carboxylic acids is 1. The van der Waals surface area contributed by atoms with Gasteiger partial charge in [0.25, 0.3) is 0 Å². The highest BCUT2D eigenvalue weighted by Crippen LogP contribution is 2.32. The Labute approximate surface area is 127 Å². The third kappa shape index (κ3) is 2.85. The van der Waals surface area contributed by atoms with E-state index in [0.717, 1.165) is 0 Å². The number of carboxylic acids is 1. The molecule has 1 N–H and O–H groups in total. The number of benzene rings is 1. The molecular formula is C14H18N4O4. The van der Waals surface area contributed by atoms with Gasteiger partial charge in [0.1, 0.15) is 0 Å². The van der Waals surface area contributed by atoms with E-state index >= 15 is 0 Å². The predicted octanol–water partition coefficient (Wildman–Crippen LogP) is 1.64. The summed E-state index contributed by atoms with van der Waals surface area (Å²) in [4.78, 5) is 11.5. The third-order valence-corrected chi connectivity index (χ3v) is 3.28. The number of ether oxygens (including phenoxy) is 2. The fraction of sp³-hybridized carbons (Fsp3) is 0.429. The van der Waals surface area contributed by atoms with Crippen molar-refractivity contribution in [3.05, 3.63) is 18.2 Å². The molecule has 0 aliphatic heterocycles. The molecule has 0 saturated carbocycles. The highest BCUT2D eigenvalue weighted by Gasteiger charge is 2.28. The fourth-order valence-corrected chi connectivity index (χ4v) is 2.22. The third-order valence-electron chi connectivity index (χ3n) is 3.28. The van der Waals surface area contributed by atoms with E-state index in [4.69, 9.17) is 9.47 Å². The SMILES string of the molecule is COc1ccc(-c2nnnn2C(C(=O)O)C(C)C)cc1OC. The first-order chi connectivity index (χ1) is 10.5. The molecule has 2 aromatic rings. The first-order valence-corrected chi connectivity index (χ1v) is 6.72. The van der Waals surface area contributed by atoms with Crippen LogP contribution in [0, 0.1) is 5.92 Å². The molecule has 1 atom stereocenters. The molecule has 1 aromatic carbocycles. The first-order valence-electron chi connectivity index (χ1n) is 6.72. The van der Waals surface area contributed by atoms with Gasteiger partial charge >= 0.3 is 5.97 Å². The molecular weight excluding hydrogens is 288 g/mol. The maximum Gasteiger partial charge on any atom is 0.328 e. The predicted molar refractivity (Wildman–Crippen MR) is 77.9 cm³/mol. The minimum absolute atomic E-state index is 0.167. The zero-order valence-corrected chi connectivity index (χ0v) is 12.8. The second-order valence-electron chi connectivity index (χ2n) is 5.04. The quantitative estimate of drug-likeness (QED) is 0.866. The average molecular weight is 306 g/mol. The lowest BCUT2D eigenvalue weighted by Crippen LogP contribution is -2.26. The van der Waals surface area contributed by atoms with Crippen LogP contribution in [0.1, 0.15) is 19.9 Å². The molecule has 1 unspecified atom stereocenters. The Kier molecular flexibility index (Phi) is 4.59. The fourth-order valence-electron chi connectivity index (χ4n) is 2.22. The van der Waals surface area contributed by atoms with Gasteiger partial charge in [0.2, 0.25) is 0 Å². The number of methoxy groups -OCH3 is 2. The number of tetrazole rings is 1. The van der Waals surface area contributed by atoms with Gasteiger partial charge in [-0.2, -0.15) is 0 Å². The van der Waals surface area contributed by atoms with Crippen molar-refractivity contribution in [1.29, 1.82) is 0 Å². The van der Waals surface area contributed by atoms with Crippen molar-refractivity contribution in [2.45, 2.75) is 19.9 Å². The zero-order chi connectivity index (χ0) is 16.3. The highest BCUT2D eigenvalue weighted by atomic mass is 16.5. The minimum Gasteiger partial charge on any atom is -0.493 e. The summed E-state index contributed by atoms with van der Waals surface area (Å²) >= 11 is 0. The number of carbonyl (C=O) groups is 1. The van der Waals surface area contributed by atoms with Crippen molar-refractivity contribution >= 4 is 5.97 Å². The Morgan fingerprint density at radius 2 is 1.91 bits per heavy atom. The maximum absolute atomic E-state index is 11.5. The van der Waals surface area contributed by atoms with Crippen LogP contribution < -0.4 is 9.47 Å². The van der Waals surface area contributed by atoms with E-state index in [0.29, 0.717) is 22.9 Å². The molecule has 8 nitrogen and oxygen atoms in total. The highest BCUT2D eigenvalue weighted by molar-refractivity contribution is 5.73. The number of carboxylic acid groups (broad SMARTS) is 1. The molecule has 2 rings (SSSR count).